The van der Waals surface area contributed by atoms with E-state index in [0.29, 0.717) is 13.2 Å². The summed E-state index contributed by atoms with van der Waals surface area (Å²) in [7, 11) is 0. The Bertz CT molecular complexity index is 432. The zero-order chi connectivity index (χ0) is 13.1. The fraction of sp³-hybridized carbons (Fsp3) is 0.571. The van der Waals surface area contributed by atoms with Gasteiger partial charge in [-0.3, -0.25) is 0 Å². The quantitative estimate of drug-likeness (QED) is 0.930. The highest BCUT2D eigenvalue weighted by atomic mass is 79.9. The van der Waals surface area contributed by atoms with Crippen LogP contribution in [-0.4, -0.2) is 24.9 Å². The van der Waals surface area contributed by atoms with Gasteiger partial charge >= 0.3 is 0 Å². The molecule has 1 heterocycles. The van der Waals surface area contributed by atoms with Crippen LogP contribution in [0.3, 0.4) is 0 Å². The Balaban J connectivity index is 2.57. The van der Waals surface area contributed by atoms with E-state index in [2.05, 4.69) is 22.9 Å². The highest BCUT2D eigenvalue weighted by Crippen LogP contribution is 2.42. The summed E-state index contributed by atoms with van der Waals surface area (Å²) in [6.07, 6.45) is 1.77. The molecule has 0 saturated carbocycles. The van der Waals surface area contributed by atoms with Crippen molar-refractivity contribution in [1.29, 1.82) is 0 Å². The lowest BCUT2D eigenvalue weighted by molar-refractivity contribution is 0.271. The maximum Gasteiger partial charge on any atom is 0.164 e. The van der Waals surface area contributed by atoms with E-state index in [1.165, 1.54) is 0 Å². The van der Waals surface area contributed by atoms with Crippen molar-refractivity contribution in [1.82, 2.24) is 0 Å². The summed E-state index contributed by atoms with van der Waals surface area (Å²) in [6.45, 7) is 5.63. The van der Waals surface area contributed by atoms with Crippen molar-refractivity contribution in [2.75, 3.05) is 19.8 Å². The molecule has 0 amide bonds. The Morgan fingerprint density at radius 3 is 2.78 bits per heavy atom. The van der Waals surface area contributed by atoms with Gasteiger partial charge in [0.05, 0.1) is 13.2 Å². The van der Waals surface area contributed by atoms with Crippen molar-refractivity contribution < 1.29 is 14.6 Å². The fourth-order valence-electron chi connectivity index (χ4n) is 2.33. The van der Waals surface area contributed by atoms with Crippen LogP contribution >= 0.6 is 15.9 Å². The smallest absolute Gasteiger partial charge is 0.164 e. The number of ether oxygens (including phenoxy) is 2. The van der Waals surface area contributed by atoms with E-state index in [4.69, 9.17) is 9.47 Å². The topological polar surface area (TPSA) is 38.7 Å². The molecule has 100 valence electrons. The van der Waals surface area contributed by atoms with Crippen LogP contribution in [0.15, 0.2) is 10.5 Å². The first-order valence-corrected chi connectivity index (χ1v) is 7.20. The van der Waals surface area contributed by atoms with Gasteiger partial charge in [-0.2, -0.15) is 0 Å². The molecule has 1 aromatic rings. The molecule has 3 nitrogen and oxygen atoms in total. The average molecular weight is 315 g/mol. The molecule has 1 aromatic carbocycles. The summed E-state index contributed by atoms with van der Waals surface area (Å²) in [5, 5.41) is 9.40. The second kappa shape index (κ2) is 5.93. The molecule has 1 aliphatic rings. The minimum atomic E-state index is 0.0893. The van der Waals surface area contributed by atoms with Crippen LogP contribution in [0.1, 0.15) is 37.3 Å². The van der Waals surface area contributed by atoms with Crippen LogP contribution in [0, 0.1) is 0 Å². The maximum absolute atomic E-state index is 9.40. The highest BCUT2D eigenvalue weighted by molar-refractivity contribution is 9.10. The molecule has 0 fully saturated rings. The number of hydrogen-bond acceptors (Lipinski definition) is 3. The number of fused-ring (bicyclic) bond motifs is 1. The number of halogens is 1. The zero-order valence-electron chi connectivity index (χ0n) is 10.8. The van der Waals surface area contributed by atoms with Gasteiger partial charge in [0, 0.05) is 29.0 Å². The highest BCUT2D eigenvalue weighted by Gasteiger charge is 2.22. The largest absolute Gasteiger partial charge is 0.490 e. The van der Waals surface area contributed by atoms with Crippen LogP contribution in [0.2, 0.25) is 0 Å². The molecular weight excluding hydrogens is 296 g/mol. The van der Waals surface area contributed by atoms with Crippen LogP contribution < -0.4 is 9.47 Å². The van der Waals surface area contributed by atoms with Gasteiger partial charge in [-0.25, -0.2) is 0 Å². The Morgan fingerprint density at radius 1 is 1.39 bits per heavy atom. The van der Waals surface area contributed by atoms with E-state index in [0.717, 1.165) is 39.9 Å². The van der Waals surface area contributed by atoms with Gasteiger partial charge in [-0.15, -0.1) is 0 Å². The first kappa shape index (κ1) is 13.7. The second-order valence-corrected chi connectivity index (χ2v) is 5.42. The third-order valence-electron chi connectivity index (χ3n) is 3.25. The molecule has 0 saturated heterocycles. The van der Waals surface area contributed by atoms with Gasteiger partial charge in [-0.1, -0.05) is 29.8 Å². The van der Waals surface area contributed by atoms with Crippen LogP contribution in [0.25, 0.3) is 0 Å². The molecule has 0 radical (unpaired) electrons. The minimum Gasteiger partial charge on any atom is -0.490 e. The minimum absolute atomic E-state index is 0.0893. The molecule has 1 N–H and O–H groups in total. The van der Waals surface area contributed by atoms with Gasteiger partial charge < -0.3 is 14.6 Å². The first-order chi connectivity index (χ1) is 8.69. The molecule has 18 heavy (non-hydrogen) atoms. The van der Waals surface area contributed by atoms with Gasteiger partial charge in [0.1, 0.15) is 0 Å². The SMILES string of the molecule is CCc1c2c(cc(Br)c1C(C)CO)OCCCO2. The second-order valence-electron chi connectivity index (χ2n) is 4.57. The number of rotatable bonds is 3. The molecule has 0 aromatic heterocycles. The van der Waals surface area contributed by atoms with Gasteiger partial charge in [0.2, 0.25) is 0 Å². The van der Waals surface area contributed by atoms with Crippen molar-refractivity contribution in [2.45, 2.75) is 32.6 Å². The van der Waals surface area contributed by atoms with Gasteiger partial charge in [0.15, 0.2) is 11.5 Å². The van der Waals surface area contributed by atoms with E-state index in [-0.39, 0.29) is 12.5 Å². The Labute approximate surface area is 116 Å². The molecule has 0 bridgehead atoms. The van der Waals surface area contributed by atoms with E-state index < -0.39 is 0 Å². The predicted octanol–water partition coefficient (Wildman–Crippen LogP) is 3.27. The van der Waals surface area contributed by atoms with Gasteiger partial charge in [-0.05, 0) is 18.1 Å². The molecular formula is C14H19BrO3. The molecule has 4 heteroatoms. The normalized spacial score (nSPS) is 16.2. The Morgan fingerprint density at radius 2 is 2.11 bits per heavy atom. The standard InChI is InChI=1S/C14H19BrO3/c1-3-10-13(9(2)8-16)11(15)7-12-14(10)18-6-4-5-17-12/h7,9,16H,3-6,8H2,1-2H3. The number of aliphatic hydroxyl groups is 1. The summed E-state index contributed by atoms with van der Waals surface area (Å²) < 4.78 is 12.5. The van der Waals surface area contributed by atoms with Crippen molar-refractivity contribution in [3.63, 3.8) is 0 Å². The van der Waals surface area contributed by atoms with Crippen molar-refractivity contribution >= 4 is 15.9 Å². The number of benzene rings is 1. The summed E-state index contributed by atoms with van der Waals surface area (Å²) in [5.74, 6) is 1.75. The lowest BCUT2D eigenvalue weighted by Crippen LogP contribution is -2.07. The summed E-state index contributed by atoms with van der Waals surface area (Å²) in [6, 6.07) is 1.96. The molecule has 1 atom stereocenters. The Hall–Kier alpha value is -0.740. The van der Waals surface area contributed by atoms with Crippen molar-refractivity contribution in [3.8, 4) is 11.5 Å². The maximum atomic E-state index is 9.40. The monoisotopic (exact) mass is 314 g/mol. The molecule has 2 rings (SSSR count). The summed E-state index contributed by atoms with van der Waals surface area (Å²) >= 11 is 3.59. The zero-order valence-corrected chi connectivity index (χ0v) is 12.4. The van der Waals surface area contributed by atoms with E-state index >= 15 is 0 Å². The number of hydrogen-bond donors (Lipinski definition) is 1. The number of aliphatic hydroxyl groups excluding tert-OH is 1. The van der Waals surface area contributed by atoms with Crippen LogP contribution in [0.4, 0.5) is 0 Å². The van der Waals surface area contributed by atoms with Gasteiger partial charge in [0.25, 0.3) is 0 Å². The summed E-state index contributed by atoms with van der Waals surface area (Å²) in [5.41, 5.74) is 2.27. The molecule has 0 aliphatic carbocycles. The van der Waals surface area contributed by atoms with Crippen LogP contribution in [0.5, 0.6) is 11.5 Å². The third-order valence-corrected chi connectivity index (χ3v) is 3.91. The Kier molecular flexibility index (Phi) is 4.51. The summed E-state index contributed by atoms with van der Waals surface area (Å²) in [4.78, 5) is 0. The molecule has 1 unspecified atom stereocenters. The van der Waals surface area contributed by atoms with Crippen LogP contribution in [-0.2, 0) is 6.42 Å². The van der Waals surface area contributed by atoms with E-state index in [1.54, 1.807) is 0 Å². The third kappa shape index (κ3) is 2.50. The van der Waals surface area contributed by atoms with Crippen molar-refractivity contribution in [2.24, 2.45) is 0 Å². The lowest BCUT2D eigenvalue weighted by Gasteiger charge is -2.20. The molecule has 1 aliphatic heterocycles. The average Bonchev–Trinajstić information content (AvgIpc) is 2.61. The lowest BCUT2D eigenvalue weighted by atomic mass is 9.93. The predicted molar refractivity (Wildman–Crippen MR) is 74.6 cm³/mol. The van der Waals surface area contributed by atoms with Crippen molar-refractivity contribution in [3.05, 3.63) is 21.7 Å². The first-order valence-electron chi connectivity index (χ1n) is 6.40. The fourth-order valence-corrected chi connectivity index (χ4v) is 3.17. The van der Waals surface area contributed by atoms with E-state index in [9.17, 15) is 5.11 Å². The molecule has 0 spiro atoms. The van der Waals surface area contributed by atoms with E-state index in [1.807, 2.05) is 13.0 Å².